The summed E-state index contributed by atoms with van der Waals surface area (Å²) in [7, 11) is 1.60. The maximum absolute atomic E-state index is 11.9. The van der Waals surface area contributed by atoms with E-state index in [1.807, 2.05) is 18.2 Å². The standard InChI is InChI=1S/C12H12O2S2/c1-14-10-4-2-3-9(7-10)11(13)8-12-15-5-6-16-12/h2-4,7-8H,5-6H2,1H3. The highest BCUT2D eigenvalue weighted by atomic mass is 32.2. The molecule has 1 saturated heterocycles. The number of thioether (sulfide) groups is 2. The molecule has 1 aliphatic rings. The second kappa shape index (κ2) is 5.46. The van der Waals surface area contributed by atoms with Crippen LogP contribution in [-0.2, 0) is 0 Å². The van der Waals surface area contributed by atoms with Crippen LogP contribution in [0.15, 0.2) is 34.6 Å². The fourth-order valence-electron chi connectivity index (χ4n) is 1.38. The van der Waals surface area contributed by atoms with E-state index < -0.39 is 0 Å². The van der Waals surface area contributed by atoms with Crippen molar-refractivity contribution in [3.63, 3.8) is 0 Å². The van der Waals surface area contributed by atoms with Gasteiger partial charge >= 0.3 is 0 Å². The third-order valence-electron chi connectivity index (χ3n) is 2.18. The highest BCUT2D eigenvalue weighted by Crippen LogP contribution is 2.36. The average Bonchev–Trinajstić information content (AvgIpc) is 2.82. The van der Waals surface area contributed by atoms with Crippen LogP contribution in [0.25, 0.3) is 0 Å². The zero-order valence-corrected chi connectivity index (χ0v) is 10.6. The number of hydrogen-bond donors (Lipinski definition) is 0. The van der Waals surface area contributed by atoms with Crippen LogP contribution >= 0.6 is 23.5 Å². The Labute approximate surface area is 103 Å². The van der Waals surface area contributed by atoms with Gasteiger partial charge in [-0.25, -0.2) is 0 Å². The minimum Gasteiger partial charge on any atom is -0.497 e. The fraction of sp³-hybridized carbons (Fsp3) is 0.250. The molecule has 0 aliphatic carbocycles. The molecule has 4 heteroatoms. The van der Waals surface area contributed by atoms with Crippen LogP contribution in [0.5, 0.6) is 5.75 Å². The lowest BCUT2D eigenvalue weighted by Gasteiger charge is -2.01. The first-order chi connectivity index (χ1) is 7.79. The van der Waals surface area contributed by atoms with Crippen LogP contribution in [0.3, 0.4) is 0 Å². The second-order valence-electron chi connectivity index (χ2n) is 3.26. The molecule has 0 radical (unpaired) electrons. The summed E-state index contributed by atoms with van der Waals surface area (Å²) in [5, 5.41) is 0. The molecule has 2 rings (SSSR count). The normalized spacial score (nSPS) is 14.9. The maximum Gasteiger partial charge on any atom is 0.187 e. The maximum atomic E-state index is 11.9. The molecule has 1 aromatic carbocycles. The molecular weight excluding hydrogens is 240 g/mol. The van der Waals surface area contributed by atoms with Gasteiger partial charge in [-0.05, 0) is 12.1 Å². The first kappa shape index (κ1) is 11.6. The minimum absolute atomic E-state index is 0.0517. The van der Waals surface area contributed by atoms with E-state index in [4.69, 9.17) is 4.74 Å². The molecule has 1 aromatic rings. The summed E-state index contributed by atoms with van der Waals surface area (Å²) in [6, 6.07) is 7.25. The van der Waals surface area contributed by atoms with Crippen molar-refractivity contribution in [1.29, 1.82) is 0 Å². The Hall–Kier alpha value is -0.870. The summed E-state index contributed by atoms with van der Waals surface area (Å²) in [5.41, 5.74) is 0.681. The molecule has 84 valence electrons. The van der Waals surface area contributed by atoms with Crippen LogP contribution in [-0.4, -0.2) is 24.4 Å². The Morgan fingerprint density at radius 3 is 2.81 bits per heavy atom. The summed E-state index contributed by atoms with van der Waals surface area (Å²) in [6.07, 6.45) is 1.72. The molecule has 0 N–H and O–H groups in total. The van der Waals surface area contributed by atoms with Crippen molar-refractivity contribution in [3.8, 4) is 5.75 Å². The molecule has 1 fully saturated rings. The number of ether oxygens (including phenoxy) is 1. The van der Waals surface area contributed by atoms with Crippen molar-refractivity contribution in [3.05, 3.63) is 40.1 Å². The van der Waals surface area contributed by atoms with Gasteiger partial charge < -0.3 is 4.74 Å². The van der Waals surface area contributed by atoms with E-state index in [1.165, 1.54) is 0 Å². The zero-order valence-electron chi connectivity index (χ0n) is 8.93. The van der Waals surface area contributed by atoms with Gasteiger partial charge in [-0.1, -0.05) is 12.1 Å². The second-order valence-corrected chi connectivity index (χ2v) is 5.79. The summed E-state index contributed by atoms with van der Waals surface area (Å²) in [4.78, 5) is 11.9. The molecule has 0 saturated carbocycles. The van der Waals surface area contributed by atoms with Gasteiger partial charge in [0.05, 0.1) is 7.11 Å². The Morgan fingerprint density at radius 2 is 2.12 bits per heavy atom. The van der Waals surface area contributed by atoms with Gasteiger partial charge in [-0.3, -0.25) is 4.79 Å². The number of carbonyl (C=O) groups excluding carboxylic acids is 1. The van der Waals surface area contributed by atoms with E-state index >= 15 is 0 Å². The highest BCUT2D eigenvalue weighted by molar-refractivity contribution is 8.25. The van der Waals surface area contributed by atoms with Crippen LogP contribution in [0.4, 0.5) is 0 Å². The molecular formula is C12H12O2S2. The predicted octanol–water partition coefficient (Wildman–Crippen LogP) is 3.20. The molecule has 0 unspecified atom stereocenters. The van der Waals surface area contributed by atoms with Crippen molar-refractivity contribution in [2.45, 2.75) is 0 Å². The summed E-state index contributed by atoms with van der Waals surface area (Å²) in [5.74, 6) is 2.97. The monoisotopic (exact) mass is 252 g/mol. The Morgan fingerprint density at radius 1 is 1.38 bits per heavy atom. The highest BCUT2D eigenvalue weighted by Gasteiger charge is 2.11. The van der Waals surface area contributed by atoms with Crippen LogP contribution in [0.2, 0.25) is 0 Å². The van der Waals surface area contributed by atoms with Gasteiger partial charge in [-0.15, -0.1) is 23.5 Å². The number of methoxy groups -OCH3 is 1. The van der Waals surface area contributed by atoms with Crippen LogP contribution in [0, 0.1) is 0 Å². The third kappa shape index (κ3) is 2.83. The van der Waals surface area contributed by atoms with Gasteiger partial charge in [0.15, 0.2) is 5.78 Å². The number of hydrogen-bond acceptors (Lipinski definition) is 4. The fourth-order valence-corrected chi connectivity index (χ4v) is 3.66. The number of carbonyl (C=O) groups is 1. The molecule has 0 spiro atoms. The van der Waals surface area contributed by atoms with Gasteiger partial charge in [0.2, 0.25) is 0 Å². The quantitative estimate of drug-likeness (QED) is 0.609. The minimum atomic E-state index is 0.0517. The van der Waals surface area contributed by atoms with Gasteiger partial charge in [-0.2, -0.15) is 0 Å². The van der Waals surface area contributed by atoms with E-state index in [2.05, 4.69) is 0 Å². The molecule has 16 heavy (non-hydrogen) atoms. The van der Waals surface area contributed by atoms with Crippen LogP contribution in [0.1, 0.15) is 10.4 Å². The lowest BCUT2D eigenvalue weighted by molar-refractivity contribution is 0.104. The summed E-state index contributed by atoms with van der Waals surface area (Å²) >= 11 is 3.49. The predicted molar refractivity (Wildman–Crippen MR) is 70.3 cm³/mol. The molecule has 2 nitrogen and oxygen atoms in total. The number of rotatable bonds is 3. The van der Waals surface area contributed by atoms with Crippen LogP contribution < -0.4 is 4.74 Å². The third-order valence-corrected chi connectivity index (χ3v) is 4.76. The Kier molecular flexibility index (Phi) is 3.96. The van der Waals surface area contributed by atoms with E-state index in [0.717, 1.165) is 21.5 Å². The summed E-state index contributed by atoms with van der Waals surface area (Å²) < 4.78 is 6.21. The lowest BCUT2D eigenvalue weighted by atomic mass is 10.1. The molecule has 0 atom stereocenters. The average molecular weight is 252 g/mol. The first-order valence-corrected chi connectivity index (χ1v) is 6.92. The SMILES string of the molecule is COc1cccc(C(=O)C=C2SCCS2)c1. The van der Waals surface area contributed by atoms with Crippen molar-refractivity contribution in [1.82, 2.24) is 0 Å². The molecule has 0 bridgehead atoms. The van der Waals surface area contributed by atoms with E-state index in [1.54, 1.807) is 42.8 Å². The number of benzene rings is 1. The van der Waals surface area contributed by atoms with E-state index in [9.17, 15) is 4.79 Å². The Bertz CT molecular complexity index is 419. The first-order valence-electron chi connectivity index (χ1n) is 4.95. The van der Waals surface area contributed by atoms with Crippen molar-refractivity contribution >= 4 is 29.3 Å². The molecule has 0 amide bonds. The topological polar surface area (TPSA) is 26.3 Å². The van der Waals surface area contributed by atoms with Gasteiger partial charge in [0.25, 0.3) is 0 Å². The summed E-state index contributed by atoms with van der Waals surface area (Å²) in [6.45, 7) is 0. The largest absolute Gasteiger partial charge is 0.497 e. The van der Waals surface area contributed by atoms with E-state index in [-0.39, 0.29) is 5.78 Å². The number of allylic oxidation sites excluding steroid dienone is 1. The van der Waals surface area contributed by atoms with Gasteiger partial charge in [0, 0.05) is 27.4 Å². The number of ketones is 1. The lowest BCUT2D eigenvalue weighted by Crippen LogP contribution is -1.95. The van der Waals surface area contributed by atoms with Crippen molar-refractivity contribution in [2.75, 3.05) is 18.6 Å². The zero-order chi connectivity index (χ0) is 11.4. The van der Waals surface area contributed by atoms with Gasteiger partial charge in [0.1, 0.15) is 5.75 Å². The molecule has 1 heterocycles. The van der Waals surface area contributed by atoms with Crippen molar-refractivity contribution < 1.29 is 9.53 Å². The molecule has 0 aromatic heterocycles. The van der Waals surface area contributed by atoms with Crippen molar-refractivity contribution in [2.24, 2.45) is 0 Å². The molecule has 1 aliphatic heterocycles. The smallest absolute Gasteiger partial charge is 0.187 e. The van der Waals surface area contributed by atoms with E-state index in [0.29, 0.717) is 5.56 Å². The Balaban J connectivity index is 2.16.